The van der Waals surface area contributed by atoms with E-state index >= 15 is 0 Å². The number of benzene rings is 2. The highest BCUT2D eigenvalue weighted by molar-refractivity contribution is 7.88. The van der Waals surface area contributed by atoms with Crippen LogP contribution in [-0.2, 0) is 21.4 Å². The summed E-state index contributed by atoms with van der Waals surface area (Å²) in [5.41, 5.74) is 3.30. The van der Waals surface area contributed by atoms with Gasteiger partial charge in [0.25, 0.3) is 0 Å². The average molecular weight is 415 g/mol. The maximum atomic E-state index is 12.3. The first-order chi connectivity index (χ1) is 12.0. The van der Waals surface area contributed by atoms with E-state index in [1.54, 1.807) is 18.2 Å². The zero-order valence-corrected chi connectivity index (χ0v) is 17.0. The van der Waals surface area contributed by atoms with Crippen molar-refractivity contribution < 1.29 is 13.2 Å². The van der Waals surface area contributed by atoms with E-state index in [-0.39, 0.29) is 13.1 Å². The molecule has 2 aromatic carbocycles. The Morgan fingerprint density at radius 2 is 1.65 bits per heavy atom. The molecule has 5 nitrogen and oxygen atoms in total. The maximum Gasteiger partial charge on any atom is 0.239 e. The summed E-state index contributed by atoms with van der Waals surface area (Å²) in [4.78, 5) is 12.3. The first-order valence-electron chi connectivity index (χ1n) is 7.82. The van der Waals surface area contributed by atoms with Gasteiger partial charge in [0.15, 0.2) is 0 Å². The molecule has 0 radical (unpaired) electrons. The van der Waals surface area contributed by atoms with Crippen LogP contribution in [0.25, 0.3) is 0 Å². The number of amides is 1. The normalized spacial score (nSPS) is 11.6. The van der Waals surface area contributed by atoms with E-state index in [0.717, 1.165) is 21.7 Å². The maximum absolute atomic E-state index is 12.3. The Kier molecular flexibility index (Phi) is 6.69. The highest BCUT2D eigenvalue weighted by atomic mass is 35.5. The van der Waals surface area contributed by atoms with Gasteiger partial charge in [-0.2, -0.15) is 4.31 Å². The molecular weight excluding hydrogens is 395 g/mol. The van der Waals surface area contributed by atoms with Gasteiger partial charge in [-0.05, 0) is 54.8 Å². The number of hydrogen-bond donors (Lipinski definition) is 1. The minimum absolute atomic E-state index is 0.0238. The third kappa shape index (κ3) is 5.99. The molecule has 26 heavy (non-hydrogen) atoms. The molecule has 0 aliphatic rings. The van der Waals surface area contributed by atoms with Crippen LogP contribution in [0.5, 0.6) is 0 Å². The molecule has 1 amide bonds. The van der Waals surface area contributed by atoms with Crippen LogP contribution in [0.15, 0.2) is 36.4 Å². The van der Waals surface area contributed by atoms with Crippen LogP contribution >= 0.6 is 23.2 Å². The molecule has 0 unspecified atom stereocenters. The summed E-state index contributed by atoms with van der Waals surface area (Å²) in [7, 11) is -3.59. The summed E-state index contributed by atoms with van der Waals surface area (Å²) in [5.74, 6) is -0.416. The molecule has 0 saturated carbocycles. The summed E-state index contributed by atoms with van der Waals surface area (Å²) in [5, 5.41) is 3.45. The lowest BCUT2D eigenvalue weighted by Gasteiger charge is -2.20. The summed E-state index contributed by atoms with van der Waals surface area (Å²) in [6, 6.07) is 10.5. The van der Waals surface area contributed by atoms with Gasteiger partial charge in [-0.15, -0.1) is 0 Å². The number of carbonyl (C=O) groups is 1. The van der Waals surface area contributed by atoms with Crippen molar-refractivity contribution in [3.63, 3.8) is 0 Å². The average Bonchev–Trinajstić information content (AvgIpc) is 2.48. The minimum atomic E-state index is -3.59. The van der Waals surface area contributed by atoms with Crippen LogP contribution in [0.4, 0.5) is 5.69 Å². The smallest absolute Gasteiger partial charge is 0.239 e. The molecule has 140 valence electrons. The van der Waals surface area contributed by atoms with Crippen LogP contribution < -0.4 is 5.32 Å². The van der Waals surface area contributed by atoms with E-state index in [1.807, 2.05) is 32.0 Å². The number of nitrogens with zero attached hydrogens (tertiary/aromatic N) is 1. The number of nitrogens with one attached hydrogen (secondary N) is 1. The van der Waals surface area contributed by atoms with Crippen molar-refractivity contribution in [3.05, 3.63) is 63.1 Å². The van der Waals surface area contributed by atoms with Crippen LogP contribution in [0.1, 0.15) is 16.7 Å². The van der Waals surface area contributed by atoms with E-state index < -0.39 is 15.9 Å². The predicted octanol–water partition coefficient (Wildman–Crippen LogP) is 4.01. The standard InChI is InChI=1S/C18H20Cl2N2O3S/c1-12-6-13(2)8-15(7-12)21-18(23)11-22(26(3,24)25)10-14-4-5-16(19)17(20)9-14/h4-9H,10-11H2,1-3H3,(H,21,23). The lowest BCUT2D eigenvalue weighted by atomic mass is 10.1. The first-order valence-corrected chi connectivity index (χ1v) is 10.4. The lowest BCUT2D eigenvalue weighted by molar-refractivity contribution is -0.116. The van der Waals surface area contributed by atoms with Gasteiger partial charge < -0.3 is 5.32 Å². The Morgan fingerprint density at radius 1 is 1.04 bits per heavy atom. The third-order valence-corrected chi connectivity index (χ3v) is 5.57. The molecule has 2 aromatic rings. The van der Waals surface area contributed by atoms with Gasteiger partial charge in [0, 0.05) is 12.2 Å². The van der Waals surface area contributed by atoms with Crippen molar-refractivity contribution in [3.8, 4) is 0 Å². The number of sulfonamides is 1. The Hall–Kier alpha value is -1.60. The molecule has 0 fully saturated rings. The molecule has 0 atom stereocenters. The zero-order chi connectivity index (χ0) is 19.5. The zero-order valence-electron chi connectivity index (χ0n) is 14.7. The van der Waals surface area contributed by atoms with Gasteiger partial charge in [-0.3, -0.25) is 4.79 Å². The molecule has 8 heteroatoms. The lowest BCUT2D eigenvalue weighted by Crippen LogP contribution is -2.36. The molecule has 0 aliphatic carbocycles. The van der Waals surface area contributed by atoms with Crippen molar-refractivity contribution >= 4 is 44.8 Å². The van der Waals surface area contributed by atoms with Gasteiger partial charge in [0.05, 0.1) is 22.8 Å². The van der Waals surface area contributed by atoms with Crippen molar-refractivity contribution in [2.75, 3.05) is 18.1 Å². The summed E-state index contributed by atoms with van der Waals surface area (Å²) >= 11 is 11.9. The summed E-state index contributed by atoms with van der Waals surface area (Å²) in [6.45, 7) is 3.58. The second-order valence-corrected chi connectivity index (χ2v) is 9.00. The molecule has 0 bridgehead atoms. The van der Waals surface area contributed by atoms with E-state index in [0.29, 0.717) is 21.3 Å². The van der Waals surface area contributed by atoms with Crippen molar-refractivity contribution in [2.24, 2.45) is 0 Å². The molecule has 0 saturated heterocycles. The predicted molar refractivity (Wildman–Crippen MR) is 106 cm³/mol. The topological polar surface area (TPSA) is 66.5 Å². The van der Waals surface area contributed by atoms with Gasteiger partial charge in [0.1, 0.15) is 0 Å². The molecule has 0 heterocycles. The van der Waals surface area contributed by atoms with Crippen molar-refractivity contribution in [2.45, 2.75) is 20.4 Å². The fourth-order valence-electron chi connectivity index (χ4n) is 2.54. The van der Waals surface area contributed by atoms with Crippen molar-refractivity contribution in [1.29, 1.82) is 0 Å². The third-order valence-electron chi connectivity index (χ3n) is 3.64. The van der Waals surface area contributed by atoms with E-state index in [4.69, 9.17) is 23.2 Å². The van der Waals surface area contributed by atoms with Gasteiger partial charge >= 0.3 is 0 Å². The van der Waals surface area contributed by atoms with E-state index in [9.17, 15) is 13.2 Å². The molecular formula is C18H20Cl2N2O3S. The van der Waals surface area contributed by atoms with Gasteiger partial charge in [-0.1, -0.05) is 35.3 Å². The molecule has 0 aliphatic heterocycles. The molecule has 0 spiro atoms. The fraction of sp³-hybridized carbons (Fsp3) is 0.278. The molecule has 2 rings (SSSR count). The second-order valence-electron chi connectivity index (χ2n) is 6.20. The monoisotopic (exact) mass is 414 g/mol. The number of halogens is 2. The Bertz CT molecular complexity index is 910. The molecule has 1 N–H and O–H groups in total. The number of carbonyl (C=O) groups excluding carboxylic acids is 1. The number of anilines is 1. The SMILES string of the molecule is Cc1cc(C)cc(NC(=O)CN(Cc2ccc(Cl)c(Cl)c2)S(C)(=O)=O)c1. The highest BCUT2D eigenvalue weighted by Crippen LogP contribution is 2.23. The molecule has 0 aromatic heterocycles. The van der Waals surface area contributed by atoms with Crippen LogP contribution in [0.3, 0.4) is 0 Å². The largest absolute Gasteiger partial charge is 0.325 e. The second kappa shape index (κ2) is 8.39. The van der Waals surface area contributed by atoms with Crippen molar-refractivity contribution in [1.82, 2.24) is 4.31 Å². The van der Waals surface area contributed by atoms with Gasteiger partial charge in [0.2, 0.25) is 15.9 Å². The quantitative estimate of drug-likeness (QED) is 0.775. The Labute approximate surface area is 164 Å². The summed E-state index contributed by atoms with van der Waals surface area (Å²) in [6.07, 6.45) is 1.06. The summed E-state index contributed by atoms with van der Waals surface area (Å²) < 4.78 is 25.2. The van der Waals surface area contributed by atoms with Crippen LogP contribution in [0.2, 0.25) is 10.0 Å². The number of aryl methyl sites for hydroxylation is 2. The Balaban J connectivity index is 2.14. The highest BCUT2D eigenvalue weighted by Gasteiger charge is 2.21. The number of rotatable bonds is 6. The first kappa shape index (κ1) is 20.7. The van der Waals surface area contributed by atoms with Gasteiger partial charge in [-0.25, -0.2) is 8.42 Å². The van der Waals surface area contributed by atoms with Crippen LogP contribution in [-0.4, -0.2) is 31.4 Å². The fourth-order valence-corrected chi connectivity index (χ4v) is 3.60. The Morgan fingerprint density at radius 3 is 2.19 bits per heavy atom. The van der Waals surface area contributed by atoms with Crippen LogP contribution in [0, 0.1) is 13.8 Å². The van der Waals surface area contributed by atoms with E-state index in [1.165, 1.54) is 0 Å². The number of hydrogen-bond acceptors (Lipinski definition) is 3. The van der Waals surface area contributed by atoms with E-state index in [2.05, 4.69) is 5.32 Å². The minimum Gasteiger partial charge on any atom is -0.325 e.